The van der Waals surface area contributed by atoms with Crippen LogP contribution < -0.4 is 0 Å². The fourth-order valence-electron chi connectivity index (χ4n) is 1.85. The van der Waals surface area contributed by atoms with Gasteiger partial charge in [-0.15, -0.1) is 0 Å². The fraction of sp³-hybridized carbons (Fsp3) is 0.500. The van der Waals surface area contributed by atoms with Crippen molar-refractivity contribution in [2.75, 3.05) is 0 Å². The molecule has 1 saturated carbocycles. The molecule has 1 fully saturated rings. The first-order valence-electron chi connectivity index (χ1n) is 5.08. The Bertz CT molecular complexity index is 251. The van der Waals surface area contributed by atoms with Gasteiger partial charge in [-0.3, -0.25) is 0 Å². The summed E-state index contributed by atoms with van der Waals surface area (Å²) in [7, 11) is 0. The van der Waals surface area contributed by atoms with Gasteiger partial charge in [0.1, 0.15) is 0 Å². The number of rotatable bonds is 3. The maximum atomic E-state index is 9.82. The van der Waals surface area contributed by atoms with Gasteiger partial charge >= 0.3 is 0 Å². The molecule has 1 atom stereocenters. The molecule has 0 amide bonds. The van der Waals surface area contributed by atoms with E-state index in [1.807, 2.05) is 18.2 Å². The van der Waals surface area contributed by atoms with E-state index in [0.717, 1.165) is 6.42 Å². The van der Waals surface area contributed by atoms with Crippen molar-refractivity contribution in [2.24, 2.45) is 5.92 Å². The molecule has 0 aliphatic heterocycles. The van der Waals surface area contributed by atoms with Crippen molar-refractivity contribution < 1.29 is 5.11 Å². The predicted molar refractivity (Wildman–Crippen MR) is 53.5 cm³/mol. The summed E-state index contributed by atoms with van der Waals surface area (Å²) in [6.45, 7) is 0. The summed E-state index contributed by atoms with van der Waals surface area (Å²) in [5.74, 6) is 0.570. The molecule has 1 nitrogen and oxygen atoms in total. The van der Waals surface area contributed by atoms with Crippen molar-refractivity contribution in [3.63, 3.8) is 0 Å². The average Bonchev–Trinajstić information content (AvgIpc) is 2.02. The molecule has 0 saturated heterocycles. The molecule has 1 aliphatic rings. The summed E-state index contributed by atoms with van der Waals surface area (Å²) < 4.78 is 0. The second-order valence-corrected chi connectivity index (χ2v) is 3.95. The first-order chi connectivity index (χ1) is 6.36. The zero-order chi connectivity index (χ0) is 9.10. The fourth-order valence-corrected chi connectivity index (χ4v) is 1.85. The summed E-state index contributed by atoms with van der Waals surface area (Å²) in [6, 6.07) is 10.2. The molecule has 0 spiro atoms. The average molecular weight is 176 g/mol. The summed E-state index contributed by atoms with van der Waals surface area (Å²) in [5, 5.41) is 9.82. The standard InChI is InChI=1S/C12H16O/c13-12(11-7-4-8-11)9-10-5-2-1-3-6-10/h1-3,5-6,11-13H,4,7-9H2. The number of hydrogen-bond acceptors (Lipinski definition) is 1. The van der Waals surface area contributed by atoms with Crippen LogP contribution in [0.25, 0.3) is 0 Å². The molecule has 1 unspecified atom stereocenters. The zero-order valence-corrected chi connectivity index (χ0v) is 7.82. The Hall–Kier alpha value is -0.820. The maximum absolute atomic E-state index is 9.82. The highest BCUT2D eigenvalue weighted by atomic mass is 16.3. The Morgan fingerprint density at radius 2 is 1.92 bits per heavy atom. The van der Waals surface area contributed by atoms with E-state index in [4.69, 9.17) is 0 Å². The molecular weight excluding hydrogens is 160 g/mol. The molecule has 1 N–H and O–H groups in total. The van der Waals surface area contributed by atoms with Crippen LogP contribution in [0.1, 0.15) is 24.8 Å². The van der Waals surface area contributed by atoms with Crippen LogP contribution in [0.15, 0.2) is 30.3 Å². The number of hydrogen-bond donors (Lipinski definition) is 1. The van der Waals surface area contributed by atoms with E-state index in [0.29, 0.717) is 5.92 Å². The van der Waals surface area contributed by atoms with Crippen LogP contribution in [0.4, 0.5) is 0 Å². The largest absolute Gasteiger partial charge is 0.392 e. The topological polar surface area (TPSA) is 20.2 Å². The lowest BCUT2D eigenvalue weighted by Gasteiger charge is -2.30. The van der Waals surface area contributed by atoms with E-state index in [9.17, 15) is 5.11 Å². The van der Waals surface area contributed by atoms with Crippen LogP contribution in [0, 0.1) is 5.92 Å². The summed E-state index contributed by atoms with van der Waals surface area (Å²) >= 11 is 0. The third-order valence-electron chi connectivity index (χ3n) is 2.98. The molecule has 0 heterocycles. The molecule has 70 valence electrons. The van der Waals surface area contributed by atoms with E-state index < -0.39 is 0 Å². The molecular formula is C12H16O. The van der Waals surface area contributed by atoms with Gasteiger partial charge in [0.05, 0.1) is 6.10 Å². The van der Waals surface area contributed by atoms with Crippen LogP contribution >= 0.6 is 0 Å². The van der Waals surface area contributed by atoms with Crippen molar-refractivity contribution in [3.8, 4) is 0 Å². The maximum Gasteiger partial charge on any atom is 0.0608 e. The summed E-state index contributed by atoms with van der Waals surface area (Å²) in [5.41, 5.74) is 1.25. The Kier molecular flexibility index (Phi) is 2.65. The molecule has 0 radical (unpaired) electrons. The van der Waals surface area contributed by atoms with Crippen molar-refractivity contribution in [1.29, 1.82) is 0 Å². The zero-order valence-electron chi connectivity index (χ0n) is 7.82. The lowest BCUT2D eigenvalue weighted by atomic mass is 9.79. The van der Waals surface area contributed by atoms with Gasteiger partial charge in [0.25, 0.3) is 0 Å². The summed E-state index contributed by atoms with van der Waals surface area (Å²) in [4.78, 5) is 0. The third-order valence-corrected chi connectivity index (χ3v) is 2.98. The van der Waals surface area contributed by atoms with E-state index in [1.165, 1.54) is 24.8 Å². The van der Waals surface area contributed by atoms with E-state index in [-0.39, 0.29) is 6.10 Å². The first-order valence-corrected chi connectivity index (χ1v) is 5.08. The molecule has 2 rings (SSSR count). The van der Waals surface area contributed by atoms with Gasteiger partial charge in [0.2, 0.25) is 0 Å². The van der Waals surface area contributed by atoms with E-state index in [2.05, 4.69) is 12.1 Å². The summed E-state index contributed by atoms with van der Waals surface area (Å²) in [6.07, 6.45) is 4.44. The third kappa shape index (κ3) is 2.10. The Labute approximate surface area is 79.4 Å². The minimum Gasteiger partial charge on any atom is -0.392 e. The Morgan fingerprint density at radius 3 is 2.46 bits per heavy atom. The van der Waals surface area contributed by atoms with Crippen LogP contribution in [-0.4, -0.2) is 11.2 Å². The van der Waals surface area contributed by atoms with Gasteiger partial charge in [-0.25, -0.2) is 0 Å². The predicted octanol–water partition coefficient (Wildman–Crippen LogP) is 2.39. The first kappa shape index (κ1) is 8.76. The van der Waals surface area contributed by atoms with Crippen LogP contribution in [0.2, 0.25) is 0 Å². The SMILES string of the molecule is OC(Cc1ccccc1)C1CCC1. The molecule has 1 aromatic carbocycles. The molecule has 0 bridgehead atoms. The second-order valence-electron chi connectivity index (χ2n) is 3.95. The highest BCUT2D eigenvalue weighted by Crippen LogP contribution is 2.30. The Morgan fingerprint density at radius 1 is 1.23 bits per heavy atom. The van der Waals surface area contributed by atoms with Gasteiger partial charge in [0, 0.05) is 0 Å². The minimum atomic E-state index is -0.115. The van der Waals surface area contributed by atoms with Crippen molar-refractivity contribution >= 4 is 0 Å². The van der Waals surface area contributed by atoms with Crippen molar-refractivity contribution in [2.45, 2.75) is 31.8 Å². The van der Waals surface area contributed by atoms with Gasteiger partial charge in [0.15, 0.2) is 0 Å². The smallest absolute Gasteiger partial charge is 0.0608 e. The molecule has 13 heavy (non-hydrogen) atoms. The molecule has 0 aromatic heterocycles. The lowest BCUT2D eigenvalue weighted by molar-refractivity contribution is 0.0630. The molecule has 1 aliphatic carbocycles. The quantitative estimate of drug-likeness (QED) is 0.749. The van der Waals surface area contributed by atoms with Crippen molar-refractivity contribution in [1.82, 2.24) is 0 Å². The minimum absolute atomic E-state index is 0.115. The van der Waals surface area contributed by atoms with Crippen LogP contribution in [0.3, 0.4) is 0 Å². The van der Waals surface area contributed by atoms with Gasteiger partial charge in [-0.1, -0.05) is 36.8 Å². The second kappa shape index (κ2) is 3.93. The molecule has 1 heteroatoms. The van der Waals surface area contributed by atoms with E-state index in [1.54, 1.807) is 0 Å². The highest BCUT2D eigenvalue weighted by molar-refractivity contribution is 5.15. The van der Waals surface area contributed by atoms with Crippen LogP contribution in [-0.2, 0) is 6.42 Å². The normalized spacial score (nSPS) is 19.5. The van der Waals surface area contributed by atoms with Gasteiger partial charge in [-0.2, -0.15) is 0 Å². The van der Waals surface area contributed by atoms with Gasteiger partial charge in [-0.05, 0) is 30.7 Å². The Balaban J connectivity index is 1.90. The number of aliphatic hydroxyl groups is 1. The lowest BCUT2D eigenvalue weighted by Crippen LogP contribution is -2.28. The van der Waals surface area contributed by atoms with Crippen molar-refractivity contribution in [3.05, 3.63) is 35.9 Å². The monoisotopic (exact) mass is 176 g/mol. The highest BCUT2D eigenvalue weighted by Gasteiger charge is 2.25. The van der Waals surface area contributed by atoms with Crippen LogP contribution in [0.5, 0.6) is 0 Å². The number of aliphatic hydroxyl groups excluding tert-OH is 1. The number of benzene rings is 1. The van der Waals surface area contributed by atoms with E-state index >= 15 is 0 Å². The van der Waals surface area contributed by atoms with Gasteiger partial charge < -0.3 is 5.11 Å². The molecule has 1 aromatic rings.